The number of methoxy groups -OCH3 is 1. The Labute approximate surface area is 128 Å². The molecule has 0 aromatic heterocycles. The van der Waals surface area contributed by atoms with Crippen LogP contribution in [0.4, 0.5) is 13.2 Å². The van der Waals surface area contributed by atoms with Gasteiger partial charge in [-0.1, -0.05) is 12.1 Å². The first-order chi connectivity index (χ1) is 10.4. The lowest BCUT2D eigenvalue weighted by Gasteiger charge is -2.17. The molecule has 1 atom stereocenters. The van der Waals surface area contributed by atoms with Gasteiger partial charge in [0.1, 0.15) is 0 Å². The zero-order valence-electron chi connectivity index (χ0n) is 13.0. The van der Waals surface area contributed by atoms with Gasteiger partial charge in [0.2, 0.25) is 0 Å². The number of nitrogens with zero attached hydrogens (tertiary/aromatic N) is 1. The number of halogens is 3. The van der Waals surface area contributed by atoms with Crippen LogP contribution in [-0.4, -0.2) is 39.3 Å². The second-order valence-electron chi connectivity index (χ2n) is 4.94. The lowest BCUT2D eigenvalue weighted by atomic mass is 10.1. The molecule has 1 unspecified atom stereocenters. The number of benzene rings is 1. The van der Waals surface area contributed by atoms with E-state index in [1.807, 2.05) is 6.92 Å². The van der Waals surface area contributed by atoms with Crippen LogP contribution >= 0.6 is 0 Å². The van der Waals surface area contributed by atoms with E-state index in [0.717, 1.165) is 17.7 Å². The van der Waals surface area contributed by atoms with Crippen LogP contribution in [-0.2, 0) is 17.3 Å². The Kier molecular flexibility index (Phi) is 7.17. The molecule has 2 N–H and O–H groups in total. The van der Waals surface area contributed by atoms with Crippen LogP contribution in [0.5, 0.6) is 0 Å². The van der Waals surface area contributed by atoms with Crippen molar-refractivity contribution >= 4 is 5.96 Å². The summed E-state index contributed by atoms with van der Waals surface area (Å²) in [5.41, 5.74) is 0.205. The Morgan fingerprint density at radius 2 is 1.91 bits per heavy atom. The van der Waals surface area contributed by atoms with E-state index in [9.17, 15) is 13.2 Å². The van der Waals surface area contributed by atoms with Crippen LogP contribution in [0.15, 0.2) is 29.3 Å². The molecule has 1 rings (SSSR count). The zero-order chi connectivity index (χ0) is 16.6. The first kappa shape index (κ1) is 18.3. The molecule has 0 heterocycles. The van der Waals surface area contributed by atoms with E-state index in [1.165, 1.54) is 12.1 Å². The van der Waals surface area contributed by atoms with Crippen LogP contribution in [0, 0.1) is 0 Å². The van der Waals surface area contributed by atoms with Crippen molar-refractivity contribution in [2.45, 2.75) is 25.6 Å². The third kappa shape index (κ3) is 6.34. The van der Waals surface area contributed by atoms with E-state index in [0.29, 0.717) is 25.5 Å². The summed E-state index contributed by atoms with van der Waals surface area (Å²) in [5, 5.41) is 6.26. The predicted molar refractivity (Wildman–Crippen MR) is 81.0 cm³/mol. The van der Waals surface area contributed by atoms with Gasteiger partial charge in [0, 0.05) is 26.7 Å². The van der Waals surface area contributed by atoms with Gasteiger partial charge in [0.25, 0.3) is 0 Å². The molecule has 0 aliphatic rings. The van der Waals surface area contributed by atoms with Crippen LogP contribution in [0.3, 0.4) is 0 Å². The zero-order valence-corrected chi connectivity index (χ0v) is 13.0. The smallest absolute Gasteiger partial charge is 0.383 e. The molecule has 0 amide bonds. The van der Waals surface area contributed by atoms with E-state index in [2.05, 4.69) is 15.6 Å². The quantitative estimate of drug-likeness (QED) is 0.626. The molecule has 0 aliphatic carbocycles. The Balaban J connectivity index is 2.43. The molecule has 0 saturated carbocycles. The van der Waals surface area contributed by atoms with Gasteiger partial charge in [-0.05, 0) is 31.0 Å². The lowest BCUT2D eigenvalue weighted by Crippen LogP contribution is -2.44. The van der Waals surface area contributed by atoms with Crippen molar-refractivity contribution in [1.82, 2.24) is 10.6 Å². The molecule has 0 aliphatic heterocycles. The highest BCUT2D eigenvalue weighted by Crippen LogP contribution is 2.29. The van der Waals surface area contributed by atoms with Gasteiger partial charge in [0.15, 0.2) is 5.96 Å². The highest BCUT2D eigenvalue weighted by Gasteiger charge is 2.29. The molecule has 0 spiro atoms. The molecule has 1 aromatic carbocycles. The van der Waals surface area contributed by atoms with Gasteiger partial charge in [-0.3, -0.25) is 4.99 Å². The number of hydrogen-bond donors (Lipinski definition) is 2. The second kappa shape index (κ2) is 8.63. The van der Waals surface area contributed by atoms with E-state index < -0.39 is 11.7 Å². The van der Waals surface area contributed by atoms with E-state index in [4.69, 9.17) is 4.74 Å². The van der Waals surface area contributed by atoms with Gasteiger partial charge in [-0.25, -0.2) is 0 Å². The number of alkyl halides is 3. The molecule has 0 bridgehead atoms. The molecular formula is C15H22F3N3O. The number of rotatable bonds is 6. The standard InChI is InChI=1S/C15H22F3N3O/c1-11(10-22-3)21-14(19-2)20-9-8-12-4-6-13(7-5-12)15(16,17)18/h4-7,11H,8-10H2,1-3H3,(H2,19,20,21). The minimum atomic E-state index is -4.29. The fourth-order valence-electron chi connectivity index (χ4n) is 1.91. The normalized spacial score (nSPS) is 13.8. The maximum atomic E-state index is 12.5. The first-order valence-corrected chi connectivity index (χ1v) is 6.99. The number of guanidine groups is 1. The highest BCUT2D eigenvalue weighted by atomic mass is 19.4. The van der Waals surface area contributed by atoms with Crippen molar-refractivity contribution in [3.63, 3.8) is 0 Å². The summed E-state index contributed by atoms with van der Waals surface area (Å²) in [6.07, 6.45) is -3.68. The minimum absolute atomic E-state index is 0.113. The molecule has 4 nitrogen and oxygen atoms in total. The maximum Gasteiger partial charge on any atom is 0.416 e. The van der Waals surface area contributed by atoms with Crippen molar-refractivity contribution in [3.8, 4) is 0 Å². The summed E-state index contributed by atoms with van der Waals surface area (Å²) in [6, 6.07) is 5.30. The molecule has 1 aromatic rings. The summed E-state index contributed by atoms with van der Waals surface area (Å²) in [7, 11) is 3.28. The van der Waals surface area contributed by atoms with Gasteiger partial charge >= 0.3 is 6.18 Å². The summed E-state index contributed by atoms with van der Waals surface area (Å²) in [6.45, 7) is 3.09. The van der Waals surface area contributed by atoms with E-state index in [-0.39, 0.29) is 6.04 Å². The van der Waals surface area contributed by atoms with Crippen LogP contribution in [0.1, 0.15) is 18.1 Å². The fourth-order valence-corrected chi connectivity index (χ4v) is 1.91. The third-order valence-corrected chi connectivity index (χ3v) is 3.01. The average Bonchev–Trinajstić information content (AvgIpc) is 2.46. The lowest BCUT2D eigenvalue weighted by molar-refractivity contribution is -0.137. The van der Waals surface area contributed by atoms with Crippen molar-refractivity contribution in [2.75, 3.05) is 27.3 Å². The van der Waals surface area contributed by atoms with Gasteiger partial charge in [0.05, 0.1) is 12.2 Å². The number of aliphatic imine (C=N–C) groups is 1. The van der Waals surface area contributed by atoms with Crippen molar-refractivity contribution < 1.29 is 17.9 Å². The molecule has 0 fully saturated rings. The average molecular weight is 317 g/mol. The maximum absolute atomic E-state index is 12.5. The molecule has 7 heteroatoms. The second-order valence-corrected chi connectivity index (χ2v) is 4.94. The Hall–Kier alpha value is -1.76. The number of nitrogens with one attached hydrogen (secondary N) is 2. The minimum Gasteiger partial charge on any atom is -0.383 e. The summed E-state index contributed by atoms with van der Waals surface area (Å²) in [4.78, 5) is 4.08. The van der Waals surface area contributed by atoms with E-state index in [1.54, 1.807) is 14.2 Å². The summed E-state index contributed by atoms with van der Waals surface area (Å²) < 4.78 is 42.4. The highest BCUT2D eigenvalue weighted by molar-refractivity contribution is 5.79. The van der Waals surface area contributed by atoms with Crippen LogP contribution in [0.25, 0.3) is 0 Å². The Morgan fingerprint density at radius 1 is 1.27 bits per heavy atom. The molecule has 0 saturated heterocycles. The van der Waals surface area contributed by atoms with Crippen molar-refractivity contribution in [3.05, 3.63) is 35.4 Å². The first-order valence-electron chi connectivity index (χ1n) is 6.99. The monoisotopic (exact) mass is 317 g/mol. The third-order valence-electron chi connectivity index (χ3n) is 3.01. The van der Waals surface area contributed by atoms with Gasteiger partial charge in [-0.2, -0.15) is 13.2 Å². The van der Waals surface area contributed by atoms with Crippen molar-refractivity contribution in [1.29, 1.82) is 0 Å². The predicted octanol–water partition coefficient (Wildman–Crippen LogP) is 2.45. The summed E-state index contributed by atoms with van der Waals surface area (Å²) >= 11 is 0. The fraction of sp³-hybridized carbons (Fsp3) is 0.533. The molecule has 22 heavy (non-hydrogen) atoms. The van der Waals surface area contributed by atoms with Crippen LogP contribution in [0.2, 0.25) is 0 Å². The SMILES string of the molecule is CN=C(NCCc1ccc(C(F)(F)F)cc1)NC(C)COC. The Bertz CT molecular complexity index is 472. The topological polar surface area (TPSA) is 45.7 Å². The molecule has 124 valence electrons. The largest absolute Gasteiger partial charge is 0.416 e. The van der Waals surface area contributed by atoms with E-state index >= 15 is 0 Å². The Morgan fingerprint density at radius 3 is 2.41 bits per heavy atom. The number of ether oxygens (including phenoxy) is 1. The molecule has 0 radical (unpaired) electrons. The van der Waals surface area contributed by atoms with Gasteiger partial charge in [-0.15, -0.1) is 0 Å². The van der Waals surface area contributed by atoms with Crippen LogP contribution < -0.4 is 10.6 Å². The van der Waals surface area contributed by atoms with Gasteiger partial charge < -0.3 is 15.4 Å². The summed E-state index contributed by atoms with van der Waals surface area (Å²) in [5.74, 6) is 0.636. The molecular weight excluding hydrogens is 295 g/mol. The van der Waals surface area contributed by atoms with Crippen molar-refractivity contribution in [2.24, 2.45) is 4.99 Å². The number of hydrogen-bond acceptors (Lipinski definition) is 2.